The average Bonchev–Trinajstić information content (AvgIpc) is 3.16. The summed E-state index contributed by atoms with van der Waals surface area (Å²) < 4.78 is 20.7. The van der Waals surface area contributed by atoms with Crippen LogP contribution in [0, 0.1) is 5.82 Å². The normalized spacial score (nSPS) is 12.1. The summed E-state index contributed by atoms with van der Waals surface area (Å²) in [5, 5.41) is 2.95. The summed E-state index contributed by atoms with van der Waals surface area (Å²) in [6.07, 6.45) is 7.62. The highest BCUT2D eigenvalue weighted by atomic mass is 19.1. The Labute approximate surface area is 169 Å². The Bertz CT molecular complexity index is 963. The van der Waals surface area contributed by atoms with Crippen LogP contribution in [0.2, 0.25) is 0 Å². The number of carbonyl (C=O) groups is 1. The van der Waals surface area contributed by atoms with Gasteiger partial charge in [0.25, 0.3) is 0 Å². The van der Waals surface area contributed by atoms with E-state index in [1.54, 1.807) is 30.6 Å². The second-order valence-electron chi connectivity index (χ2n) is 6.64. The number of halogens is 1. The first-order chi connectivity index (χ1) is 14.1. The Kier molecular flexibility index (Phi) is 6.79. The molecule has 0 fully saturated rings. The molecule has 1 atom stereocenters. The highest BCUT2D eigenvalue weighted by molar-refractivity contribution is 5.92. The van der Waals surface area contributed by atoms with Gasteiger partial charge in [0.1, 0.15) is 23.4 Å². The zero-order valence-corrected chi connectivity index (χ0v) is 16.5. The van der Waals surface area contributed by atoms with Crippen LogP contribution in [-0.4, -0.2) is 22.1 Å². The fraction of sp³-hybridized carbons (Fsp3) is 0.217. The minimum absolute atomic E-state index is 0.270. The lowest BCUT2D eigenvalue weighted by atomic mass is 10.1. The number of imidazole rings is 1. The van der Waals surface area contributed by atoms with Gasteiger partial charge in [0, 0.05) is 25.5 Å². The highest BCUT2D eigenvalue weighted by Crippen LogP contribution is 2.21. The lowest BCUT2D eigenvalue weighted by Gasteiger charge is -2.18. The first-order valence-corrected chi connectivity index (χ1v) is 9.51. The van der Waals surface area contributed by atoms with Crippen LogP contribution < -0.4 is 10.1 Å². The average molecular weight is 393 g/mol. The number of nitrogens with one attached hydrogen (secondary N) is 1. The first-order valence-electron chi connectivity index (χ1n) is 9.51. The summed E-state index contributed by atoms with van der Waals surface area (Å²) in [6, 6.07) is 13.1. The van der Waals surface area contributed by atoms with E-state index in [4.69, 9.17) is 4.74 Å². The monoisotopic (exact) mass is 393 g/mol. The summed E-state index contributed by atoms with van der Waals surface area (Å²) >= 11 is 0. The van der Waals surface area contributed by atoms with E-state index in [1.807, 2.05) is 35.9 Å². The Morgan fingerprint density at radius 1 is 1.21 bits per heavy atom. The number of amides is 1. The Morgan fingerprint density at radius 3 is 2.55 bits per heavy atom. The van der Waals surface area contributed by atoms with Crippen molar-refractivity contribution in [2.24, 2.45) is 7.05 Å². The van der Waals surface area contributed by atoms with Crippen molar-refractivity contribution >= 4 is 12.0 Å². The van der Waals surface area contributed by atoms with Gasteiger partial charge in [-0.3, -0.25) is 4.79 Å². The number of aryl methyl sites for hydroxylation is 1. The highest BCUT2D eigenvalue weighted by Gasteiger charge is 2.19. The molecule has 1 N–H and O–H groups in total. The number of hydrogen-bond donors (Lipinski definition) is 1. The number of nitrogens with zero attached hydrogens (tertiary/aromatic N) is 2. The fourth-order valence-corrected chi connectivity index (χ4v) is 2.86. The molecule has 0 aliphatic carbocycles. The van der Waals surface area contributed by atoms with Gasteiger partial charge in [-0.2, -0.15) is 0 Å². The van der Waals surface area contributed by atoms with Crippen molar-refractivity contribution in [1.29, 1.82) is 0 Å². The molecule has 29 heavy (non-hydrogen) atoms. The molecule has 3 rings (SSSR count). The van der Waals surface area contributed by atoms with Gasteiger partial charge in [0.2, 0.25) is 5.91 Å². The van der Waals surface area contributed by atoms with Crippen LogP contribution in [0.15, 0.2) is 67.0 Å². The van der Waals surface area contributed by atoms with E-state index in [-0.39, 0.29) is 11.7 Å². The summed E-state index contributed by atoms with van der Waals surface area (Å²) in [7, 11) is 1.85. The molecule has 6 heteroatoms. The number of benzene rings is 2. The van der Waals surface area contributed by atoms with Crippen LogP contribution in [0.3, 0.4) is 0 Å². The smallest absolute Gasteiger partial charge is 0.244 e. The Hall–Kier alpha value is -3.41. The van der Waals surface area contributed by atoms with Crippen molar-refractivity contribution in [2.45, 2.75) is 19.4 Å². The lowest BCUT2D eigenvalue weighted by Crippen LogP contribution is -2.29. The van der Waals surface area contributed by atoms with Crippen LogP contribution >= 0.6 is 0 Å². The van der Waals surface area contributed by atoms with Gasteiger partial charge in [-0.25, -0.2) is 9.37 Å². The van der Waals surface area contributed by atoms with E-state index in [1.165, 1.54) is 18.2 Å². The molecule has 1 heterocycles. The molecule has 1 amide bonds. The molecule has 150 valence electrons. The summed E-state index contributed by atoms with van der Waals surface area (Å²) in [4.78, 5) is 16.9. The minimum atomic E-state index is -0.488. The molecule has 1 aromatic heterocycles. The predicted octanol–water partition coefficient (Wildman–Crippen LogP) is 4.27. The first kappa shape index (κ1) is 20.3. The molecule has 0 saturated carbocycles. The Balaban J connectivity index is 1.72. The van der Waals surface area contributed by atoms with Gasteiger partial charge in [0.15, 0.2) is 0 Å². The number of hydrogen-bond acceptors (Lipinski definition) is 3. The number of ether oxygens (including phenoxy) is 1. The van der Waals surface area contributed by atoms with Gasteiger partial charge in [-0.05, 0) is 47.9 Å². The zero-order valence-electron chi connectivity index (χ0n) is 16.5. The maximum absolute atomic E-state index is 13.3. The van der Waals surface area contributed by atoms with Gasteiger partial charge in [-0.1, -0.05) is 31.2 Å². The minimum Gasteiger partial charge on any atom is -0.494 e. The molecular formula is C23H24FN3O2. The van der Waals surface area contributed by atoms with Crippen LogP contribution in [0.25, 0.3) is 6.08 Å². The zero-order chi connectivity index (χ0) is 20.6. The number of rotatable bonds is 8. The maximum Gasteiger partial charge on any atom is 0.244 e. The molecule has 5 nitrogen and oxygen atoms in total. The van der Waals surface area contributed by atoms with Crippen molar-refractivity contribution in [3.8, 4) is 5.75 Å². The molecule has 3 aromatic rings. The van der Waals surface area contributed by atoms with Gasteiger partial charge in [0.05, 0.1) is 6.61 Å². The molecule has 2 aromatic carbocycles. The number of carbonyl (C=O) groups excluding carboxylic acids is 1. The van der Waals surface area contributed by atoms with Crippen molar-refractivity contribution in [2.75, 3.05) is 6.61 Å². The van der Waals surface area contributed by atoms with Crippen LogP contribution in [-0.2, 0) is 11.8 Å². The predicted molar refractivity (Wildman–Crippen MR) is 111 cm³/mol. The van der Waals surface area contributed by atoms with E-state index in [9.17, 15) is 9.18 Å². The second-order valence-corrected chi connectivity index (χ2v) is 6.64. The topological polar surface area (TPSA) is 56.1 Å². The third-order valence-electron chi connectivity index (χ3n) is 4.39. The molecule has 0 saturated heterocycles. The van der Waals surface area contributed by atoms with E-state index in [2.05, 4.69) is 17.2 Å². The fourth-order valence-electron chi connectivity index (χ4n) is 2.86. The van der Waals surface area contributed by atoms with Crippen molar-refractivity contribution in [1.82, 2.24) is 14.9 Å². The maximum atomic E-state index is 13.3. The van der Waals surface area contributed by atoms with Crippen molar-refractivity contribution < 1.29 is 13.9 Å². The van der Waals surface area contributed by atoms with E-state index >= 15 is 0 Å². The van der Waals surface area contributed by atoms with Crippen molar-refractivity contribution in [3.63, 3.8) is 0 Å². The molecule has 0 aliphatic rings. The van der Waals surface area contributed by atoms with Crippen LogP contribution in [0.4, 0.5) is 4.39 Å². The molecule has 0 bridgehead atoms. The molecule has 0 spiro atoms. The quantitative estimate of drug-likeness (QED) is 0.582. The molecule has 0 radical (unpaired) electrons. The Morgan fingerprint density at radius 2 is 1.93 bits per heavy atom. The third-order valence-corrected chi connectivity index (χ3v) is 4.39. The SMILES string of the molecule is CCCOc1ccc(/C=C/C(=O)N[C@@H](c2ccc(F)cc2)c2nccn2C)cc1. The van der Waals surface area contributed by atoms with Crippen LogP contribution in [0.5, 0.6) is 5.75 Å². The summed E-state index contributed by atoms with van der Waals surface area (Å²) in [5.74, 6) is 0.869. The van der Waals surface area contributed by atoms with E-state index in [0.717, 1.165) is 23.3 Å². The molecule has 0 aliphatic heterocycles. The summed E-state index contributed by atoms with van der Waals surface area (Å²) in [5.41, 5.74) is 1.64. The summed E-state index contributed by atoms with van der Waals surface area (Å²) in [6.45, 7) is 2.73. The van der Waals surface area contributed by atoms with Crippen LogP contribution in [0.1, 0.15) is 36.3 Å². The number of aromatic nitrogens is 2. The van der Waals surface area contributed by atoms with Gasteiger partial charge >= 0.3 is 0 Å². The van der Waals surface area contributed by atoms with E-state index < -0.39 is 6.04 Å². The standard InChI is InChI=1S/C23H24FN3O2/c1-3-16-29-20-11-4-17(5-12-20)6-13-21(28)26-22(23-25-14-15-27(23)2)18-7-9-19(24)10-8-18/h4-15,22H,3,16H2,1-2H3,(H,26,28)/b13-6+/t22-/m0/s1. The largest absolute Gasteiger partial charge is 0.494 e. The molecular weight excluding hydrogens is 369 g/mol. The lowest BCUT2D eigenvalue weighted by molar-refractivity contribution is -0.117. The third kappa shape index (κ3) is 5.54. The van der Waals surface area contributed by atoms with E-state index in [0.29, 0.717) is 12.4 Å². The molecule has 0 unspecified atom stereocenters. The van der Waals surface area contributed by atoms with Crippen molar-refractivity contribution in [3.05, 3.63) is 89.8 Å². The van der Waals surface area contributed by atoms with Gasteiger partial charge < -0.3 is 14.6 Å². The van der Waals surface area contributed by atoms with Gasteiger partial charge in [-0.15, -0.1) is 0 Å². The second kappa shape index (κ2) is 9.68.